The van der Waals surface area contributed by atoms with Gasteiger partial charge in [0.25, 0.3) is 5.91 Å². The van der Waals surface area contributed by atoms with Crippen molar-refractivity contribution in [3.8, 4) is 11.1 Å². The predicted octanol–water partition coefficient (Wildman–Crippen LogP) is 4.78. The lowest BCUT2D eigenvalue weighted by Gasteiger charge is -2.36. The number of amides is 3. The van der Waals surface area contributed by atoms with Gasteiger partial charge in [0, 0.05) is 51.6 Å². The zero-order valence-corrected chi connectivity index (χ0v) is 41.8. The number of carbonyl (C=O) groups is 3. The van der Waals surface area contributed by atoms with Gasteiger partial charge in [0.2, 0.25) is 5.91 Å². The number of aromatic nitrogens is 2. The van der Waals surface area contributed by atoms with E-state index in [1.54, 1.807) is 4.90 Å². The van der Waals surface area contributed by atoms with Gasteiger partial charge in [-0.1, -0.05) is 111 Å². The Labute approximate surface area is 422 Å². The van der Waals surface area contributed by atoms with E-state index in [0.717, 1.165) is 59.1 Å². The van der Waals surface area contributed by atoms with Crippen molar-refractivity contribution in [3.63, 3.8) is 0 Å². The number of nitrogens with zero attached hydrogens (tertiary/aromatic N) is 5. The molecule has 1 saturated heterocycles. The summed E-state index contributed by atoms with van der Waals surface area (Å²) in [5.74, 6) is -1.20. The van der Waals surface area contributed by atoms with Gasteiger partial charge in [-0.25, -0.2) is 14.8 Å². The molecule has 1 aliphatic carbocycles. The number of fused-ring (bicyclic) bond motifs is 3. The van der Waals surface area contributed by atoms with E-state index < -0.39 is 43.0 Å². The first-order valence-corrected chi connectivity index (χ1v) is 25.4. The summed E-state index contributed by atoms with van der Waals surface area (Å²) in [6, 6.07) is 24.3. The topological polar surface area (TPSA) is 261 Å². The van der Waals surface area contributed by atoms with Crippen LogP contribution in [0.4, 0.5) is 16.4 Å². The number of benzene rings is 3. The molecule has 10 N–H and O–H groups in total. The number of carbonyl (C=O) groups excluding carboxylic acids is 3. The van der Waals surface area contributed by atoms with Crippen molar-refractivity contribution in [1.29, 1.82) is 0 Å². The van der Waals surface area contributed by atoms with Gasteiger partial charge in [-0.2, -0.15) is 0 Å². The van der Waals surface area contributed by atoms with Crippen LogP contribution >= 0.6 is 11.6 Å². The number of aliphatic hydroxyl groups excluding tert-OH is 5. The minimum atomic E-state index is -1.71. The Kier molecular flexibility index (Phi) is 20.8. The molecule has 2 heterocycles. The van der Waals surface area contributed by atoms with Crippen LogP contribution < -0.4 is 16.8 Å². The average molecular weight is 1000 g/mol. The zero-order chi connectivity index (χ0) is 51.0. The standard InChI is InChI=1S/C53H73ClN8O9/c1-3-4-5-12-23-60(31-43(64)47(67)48(68)44(65)32-63)24-13-20-45(66)61-25-21-35(22-26-61)29-62(53(70)71-33-42-40-18-10-8-16-38(40)39-17-9-11-19-41(39)42)30-36(27-37-15-7-6-14-34(37)2)28-57-52(69)46-50(55)59-51(56)49(54)58-46/h6-11,14-19,35-36,42-44,47-48,63-65,67-68H,3-5,12-13,20-33H2,1-2H3,(H,57,69)(H4,55,56,59)/t36-,43-,44+,47+,48+/m0/s1. The molecule has 5 atom stereocenters. The number of ether oxygens (including phenoxy) is 1. The highest BCUT2D eigenvalue weighted by Gasteiger charge is 2.34. The molecule has 0 spiro atoms. The number of aliphatic hydroxyl groups is 5. The van der Waals surface area contributed by atoms with Gasteiger partial charge in [0.1, 0.15) is 24.9 Å². The third-order valence-corrected chi connectivity index (χ3v) is 14.2. The largest absolute Gasteiger partial charge is 0.448 e. The molecule has 3 aromatic carbocycles. The highest BCUT2D eigenvalue weighted by atomic mass is 35.5. The summed E-state index contributed by atoms with van der Waals surface area (Å²) in [5.41, 5.74) is 18.2. The first kappa shape index (κ1) is 54.9. The van der Waals surface area contributed by atoms with E-state index in [9.17, 15) is 39.9 Å². The average Bonchev–Trinajstić information content (AvgIpc) is 3.69. The van der Waals surface area contributed by atoms with Crippen LogP contribution in [0.15, 0.2) is 72.8 Å². The minimum absolute atomic E-state index is 0.00611. The number of likely N-dealkylation sites (tertiary alicyclic amines) is 1. The van der Waals surface area contributed by atoms with E-state index in [1.165, 1.54) is 0 Å². The molecular formula is C53H73ClN8O9. The highest BCUT2D eigenvalue weighted by molar-refractivity contribution is 6.31. The molecule has 0 radical (unpaired) electrons. The second-order valence-electron chi connectivity index (χ2n) is 19.1. The van der Waals surface area contributed by atoms with Crippen LogP contribution in [0.5, 0.6) is 0 Å². The molecule has 4 aromatic rings. The van der Waals surface area contributed by atoms with E-state index in [-0.39, 0.29) is 78.8 Å². The molecule has 0 unspecified atom stereocenters. The molecular weight excluding hydrogens is 928 g/mol. The number of unbranched alkanes of at least 4 members (excludes halogenated alkanes) is 3. The van der Waals surface area contributed by atoms with Crippen molar-refractivity contribution in [1.82, 2.24) is 30.0 Å². The third kappa shape index (κ3) is 15.1. The fourth-order valence-electron chi connectivity index (χ4n) is 9.78. The molecule has 6 rings (SSSR count). The van der Waals surface area contributed by atoms with Gasteiger partial charge in [0.05, 0.1) is 12.7 Å². The zero-order valence-electron chi connectivity index (χ0n) is 41.0. The monoisotopic (exact) mass is 1000 g/mol. The number of hydrogen-bond donors (Lipinski definition) is 8. The van der Waals surface area contributed by atoms with Gasteiger partial charge in [-0.05, 0) is 97.3 Å². The number of halogens is 1. The summed E-state index contributed by atoms with van der Waals surface area (Å²) >= 11 is 6.12. The van der Waals surface area contributed by atoms with Crippen molar-refractivity contribution in [2.24, 2.45) is 11.8 Å². The van der Waals surface area contributed by atoms with E-state index >= 15 is 0 Å². The fraction of sp³-hybridized carbons (Fsp3) is 0.528. The molecule has 1 aliphatic heterocycles. The minimum Gasteiger partial charge on any atom is -0.448 e. The third-order valence-electron chi connectivity index (χ3n) is 13.9. The van der Waals surface area contributed by atoms with E-state index in [1.807, 2.05) is 65.3 Å². The molecule has 1 aromatic heterocycles. The van der Waals surface area contributed by atoms with Crippen LogP contribution in [0.25, 0.3) is 11.1 Å². The van der Waals surface area contributed by atoms with Crippen LogP contribution in [-0.2, 0) is 16.0 Å². The van der Waals surface area contributed by atoms with Crippen molar-refractivity contribution < 1.29 is 44.7 Å². The number of nitrogen functional groups attached to an aromatic ring is 2. The maximum Gasteiger partial charge on any atom is 0.409 e. The predicted molar refractivity (Wildman–Crippen MR) is 273 cm³/mol. The number of nitrogens with one attached hydrogen (secondary N) is 1. The first-order chi connectivity index (χ1) is 34.2. The Morgan fingerprint density at radius 1 is 0.831 bits per heavy atom. The van der Waals surface area contributed by atoms with Gasteiger partial charge in [0.15, 0.2) is 22.5 Å². The van der Waals surface area contributed by atoms with Crippen LogP contribution in [0.2, 0.25) is 5.15 Å². The Hall–Kier alpha value is -5.40. The molecule has 0 saturated carbocycles. The Morgan fingerprint density at radius 2 is 1.46 bits per heavy atom. The van der Waals surface area contributed by atoms with Crippen LogP contribution in [0, 0.1) is 18.8 Å². The first-order valence-electron chi connectivity index (χ1n) is 25.0. The smallest absolute Gasteiger partial charge is 0.409 e. The highest BCUT2D eigenvalue weighted by Crippen LogP contribution is 2.44. The number of nitrogens with two attached hydrogens (primary N) is 2. The molecule has 386 valence electrons. The molecule has 17 nitrogen and oxygen atoms in total. The second-order valence-corrected chi connectivity index (χ2v) is 19.5. The molecule has 0 bridgehead atoms. The van der Waals surface area contributed by atoms with E-state index in [0.29, 0.717) is 58.4 Å². The number of hydrogen-bond acceptors (Lipinski definition) is 14. The van der Waals surface area contributed by atoms with Gasteiger partial charge in [-0.15, -0.1) is 0 Å². The Morgan fingerprint density at radius 3 is 2.13 bits per heavy atom. The molecule has 1 fully saturated rings. The number of anilines is 2. The Bertz CT molecular complexity index is 2330. The maximum absolute atomic E-state index is 14.6. The lowest BCUT2D eigenvalue weighted by Crippen LogP contribution is -2.50. The van der Waals surface area contributed by atoms with Crippen molar-refractivity contribution in [2.45, 2.75) is 102 Å². The lowest BCUT2D eigenvalue weighted by atomic mass is 9.93. The van der Waals surface area contributed by atoms with Crippen LogP contribution in [0.3, 0.4) is 0 Å². The van der Waals surface area contributed by atoms with Gasteiger partial charge < -0.3 is 61.8 Å². The summed E-state index contributed by atoms with van der Waals surface area (Å²) in [6.07, 6.45) is -0.227. The quantitative estimate of drug-likeness (QED) is 0.0394. The summed E-state index contributed by atoms with van der Waals surface area (Å²) in [6.45, 7) is 6.44. The second kappa shape index (κ2) is 26.9. The fourth-order valence-corrected chi connectivity index (χ4v) is 9.91. The molecule has 2 aliphatic rings. The summed E-state index contributed by atoms with van der Waals surface area (Å²) in [4.78, 5) is 55.4. The van der Waals surface area contributed by atoms with Crippen LogP contribution in [0.1, 0.15) is 97.0 Å². The van der Waals surface area contributed by atoms with Gasteiger partial charge >= 0.3 is 6.09 Å². The Balaban J connectivity index is 1.13. The lowest BCUT2D eigenvalue weighted by molar-refractivity contribution is -0.133. The molecule has 71 heavy (non-hydrogen) atoms. The van der Waals surface area contributed by atoms with Crippen molar-refractivity contribution >= 4 is 41.1 Å². The van der Waals surface area contributed by atoms with Crippen molar-refractivity contribution in [2.75, 3.05) is 77.0 Å². The van der Waals surface area contributed by atoms with E-state index in [2.05, 4.69) is 46.5 Å². The number of piperidine rings is 1. The summed E-state index contributed by atoms with van der Waals surface area (Å²) in [5, 5.41) is 53.2. The maximum atomic E-state index is 14.6. The van der Waals surface area contributed by atoms with Crippen molar-refractivity contribution in [3.05, 3.63) is 106 Å². The molecule has 18 heteroatoms. The van der Waals surface area contributed by atoms with E-state index in [4.69, 9.17) is 27.8 Å². The van der Waals surface area contributed by atoms with Gasteiger partial charge in [-0.3, -0.25) is 9.59 Å². The van der Waals surface area contributed by atoms with Crippen LogP contribution in [-0.4, -0.2) is 158 Å². The summed E-state index contributed by atoms with van der Waals surface area (Å²) < 4.78 is 6.28. The number of rotatable bonds is 26. The normalized spacial score (nSPS) is 15.9. The molecule has 3 amide bonds. The summed E-state index contributed by atoms with van der Waals surface area (Å²) in [7, 11) is 0. The SMILES string of the molecule is CCCCCCN(CCCC(=O)N1CCC(CN(C[C@H](CNC(=O)c2nc(Cl)c(N)nc2N)Cc2ccccc2C)C(=O)OCC2c3ccccc3-c3ccccc32)CC1)C[C@H](O)[C@@H](O)[C@H](O)[C@H](O)CO. The number of aryl methyl sites for hydroxylation is 1.